The Balaban J connectivity index is 1.93. The normalized spacial score (nSPS) is 11.1. The van der Waals surface area contributed by atoms with Crippen molar-refractivity contribution in [3.63, 3.8) is 0 Å². The van der Waals surface area contributed by atoms with E-state index in [1.54, 1.807) is 36.4 Å². The molecule has 0 bridgehead atoms. The van der Waals surface area contributed by atoms with E-state index in [-0.39, 0.29) is 11.3 Å². The average molecular weight is 369 g/mol. The fraction of sp³-hybridized carbons (Fsp3) is 0.188. The van der Waals surface area contributed by atoms with Gasteiger partial charge < -0.3 is 4.74 Å². The van der Waals surface area contributed by atoms with Gasteiger partial charge in [-0.2, -0.15) is 0 Å². The van der Waals surface area contributed by atoms with Crippen molar-refractivity contribution in [2.24, 2.45) is 0 Å². The van der Waals surface area contributed by atoms with Gasteiger partial charge in [0.25, 0.3) is 10.0 Å². The summed E-state index contributed by atoms with van der Waals surface area (Å²) in [6, 6.07) is 12.6. The van der Waals surface area contributed by atoms with E-state index in [1.165, 1.54) is 12.1 Å². The van der Waals surface area contributed by atoms with Crippen LogP contribution in [-0.4, -0.2) is 20.9 Å². The van der Waals surface area contributed by atoms with Gasteiger partial charge >= 0.3 is 0 Å². The summed E-state index contributed by atoms with van der Waals surface area (Å²) in [7, 11) is -3.84. The van der Waals surface area contributed by atoms with Crippen molar-refractivity contribution in [3.8, 4) is 5.75 Å². The van der Waals surface area contributed by atoms with Crippen LogP contribution in [0.3, 0.4) is 0 Å². The molecule has 0 aliphatic carbocycles. The van der Waals surface area contributed by atoms with Crippen molar-refractivity contribution in [2.75, 3.05) is 6.61 Å². The zero-order valence-corrected chi connectivity index (χ0v) is 14.5. The standard InChI is InChI=1S/C16H17ClN2O4S/c1-2-23-14-7-9-15(10-8-14)24(21,22)19-18-16(20)11-12-3-5-13(17)6-4-12/h3-10,19H,2,11H2,1H3,(H,18,20). The molecule has 0 atom stereocenters. The molecule has 0 saturated carbocycles. The first kappa shape index (κ1) is 18.3. The number of hydrazine groups is 1. The number of carbonyl (C=O) groups is 1. The van der Waals surface area contributed by atoms with Crippen molar-refractivity contribution in [2.45, 2.75) is 18.2 Å². The van der Waals surface area contributed by atoms with Gasteiger partial charge in [0.2, 0.25) is 5.91 Å². The van der Waals surface area contributed by atoms with Crippen LogP contribution in [0.2, 0.25) is 5.02 Å². The summed E-state index contributed by atoms with van der Waals surface area (Å²) in [4.78, 5) is 13.9. The Morgan fingerprint density at radius 1 is 1.08 bits per heavy atom. The number of nitrogens with one attached hydrogen (secondary N) is 2. The van der Waals surface area contributed by atoms with Gasteiger partial charge in [-0.15, -0.1) is 4.83 Å². The zero-order valence-electron chi connectivity index (χ0n) is 13.0. The van der Waals surface area contributed by atoms with Crippen LogP contribution in [0.25, 0.3) is 0 Å². The lowest BCUT2D eigenvalue weighted by Gasteiger charge is -2.09. The molecule has 2 aromatic carbocycles. The zero-order chi connectivity index (χ0) is 17.6. The van der Waals surface area contributed by atoms with E-state index >= 15 is 0 Å². The van der Waals surface area contributed by atoms with Crippen LogP contribution in [0.4, 0.5) is 0 Å². The van der Waals surface area contributed by atoms with Crippen LogP contribution < -0.4 is 15.0 Å². The maximum Gasteiger partial charge on any atom is 0.257 e. The topological polar surface area (TPSA) is 84.5 Å². The van der Waals surface area contributed by atoms with Crippen molar-refractivity contribution in [1.29, 1.82) is 0 Å². The molecule has 128 valence electrons. The Hall–Kier alpha value is -2.09. The molecule has 0 aliphatic rings. The Bertz CT molecular complexity index is 790. The molecule has 0 aliphatic heterocycles. The molecule has 0 saturated heterocycles. The number of halogens is 1. The summed E-state index contributed by atoms with van der Waals surface area (Å²) < 4.78 is 29.5. The quantitative estimate of drug-likeness (QED) is 0.734. The van der Waals surface area contributed by atoms with Crippen LogP contribution in [0.15, 0.2) is 53.4 Å². The number of hydrogen-bond donors (Lipinski definition) is 2. The van der Waals surface area contributed by atoms with Crippen LogP contribution in [0.5, 0.6) is 5.75 Å². The second-order valence-corrected chi connectivity index (χ2v) is 6.98. The maximum atomic E-state index is 12.1. The first-order valence-electron chi connectivity index (χ1n) is 7.18. The summed E-state index contributed by atoms with van der Waals surface area (Å²) in [5.74, 6) is 0.0926. The molecule has 0 aromatic heterocycles. The van der Waals surface area contributed by atoms with Crippen LogP contribution in [0, 0.1) is 0 Å². The van der Waals surface area contributed by atoms with E-state index in [4.69, 9.17) is 16.3 Å². The van der Waals surface area contributed by atoms with Gasteiger partial charge in [-0.3, -0.25) is 10.2 Å². The molecule has 2 rings (SSSR count). The molecule has 0 spiro atoms. The van der Waals surface area contributed by atoms with Gasteiger partial charge in [0.1, 0.15) is 5.75 Å². The molecule has 6 nitrogen and oxygen atoms in total. The van der Waals surface area contributed by atoms with Gasteiger partial charge in [0, 0.05) is 5.02 Å². The molecule has 24 heavy (non-hydrogen) atoms. The van der Waals surface area contributed by atoms with E-state index in [1.807, 2.05) is 6.92 Å². The molecular weight excluding hydrogens is 352 g/mol. The van der Waals surface area contributed by atoms with E-state index in [2.05, 4.69) is 10.3 Å². The summed E-state index contributed by atoms with van der Waals surface area (Å²) in [5.41, 5.74) is 2.90. The minimum absolute atomic E-state index is 0.0257. The third kappa shape index (κ3) is 5.23. The predicted molar refractivity (Wildman–Crippen MR) is 91.2 cm³/mol. The molecule has 2 aromatic rings. The highest BCUT2D eigenvalue weighted by Gasteiger charge is 2.15. The molecule has 0 fully saturated rings. The Morgan fingerprint density at radius 2 is 1.71 bits per heavy atom. The highest BCUT2D eigenvalue weighted by molar-refractivity contribution is 7.89. The molecule has 0 unspecified atom stereocenters. The van der Waals surface area contributed by atoms with Crippen LogP contribution in [0.1, 0.15) is 12.5 Å². The summed E-state index contributed by atoms with van der Waals surface area (Å²) in [6.07, 6.45) is 0.0307. The number of sulfonamides is 1. The SMILES string of the molecule is CCOc1ccc(S(=O)(=O)NNC(=O)Cc2ccc(Cl)cc2)cc1. The predicted octanol–water partition coefficient (Wildman–Crippen LogP) is 2.29. The van der Waals surface area contributed by atoms with E-state index < -0.39 is 15.9 Å². The summed E-state index contributed by atoms with van der Waals surface area (Å²) >= 11 is 5.77. The molecule has 1 amide bonds. The summed E-state index contributed by atoms with van der Waals surface area (Å²) in [5, 5.41) is 0.565. The second-order valence-electron chi connectivity index (χ2n) is 4.86. The largest absolute Gasteiger partial charge is 0.494 e. The van der Waals surface area contributed by atoms with Gasteiger partial charge in [-0.1, -0.05) is 23.7 Å². The highest BCUT2D eigenvalue weighted by atomic mass is 35.5. The molecule has 8 heteroatoms. The van der Waals surface area contributed by atoms with Crippen LogP contribution >= 0.6 is 11.6 Å². The van der Waals surface area contributed by atoms with Gasteiger partial charge in [0.15, 0.2) is 0 Å². The number of carbonyl (C=O) groups excluding carboxylic acids is 1. The van der Waals surface area contributed by atoms with Crippen molar-refractivity contribution in [3.05, 3.63) is 59.1 Å². The minimum Gasteiger partial charge on any atom is -0.494 e. The monoisotopic (exact) mass is 368 g/mol. The average Bonchev–Trinajstić information content (AvgIpc) is 2.56. The minimum atomic E-state index is -3.84. The molecule has 0 radical (unpaired) electrons. The molecule has 0 heterocycles. The van der Waals surface area contributed by atoms with Gasteiger partial charge in [-0.25, -0.2) is 8.42 Å². The van der Waals surface area contributed by atoms with Gasteiger partial charge in [0.05, 0.1) is 17.9 Å². The third-order valence-electron chi connectivity index (χ3n) is 3.05. The molecular formula is C16H17ClN2O4S. The van der Waals surface area contributed by atoms with Crippen LogP contribution in [-0.2, 0) is 21.2 Å². The number of ether oxygens (including phenoxy) is 1. The van der Waals surface area contributed by atoms with E-state index in [9.17, 15) is 13.2 Å². The third-order valence-corrected chi connectivity index (χ3v) is 4.56. The van der Waals surface area contributed by atoms with Gasteiger partial charge in [-0.05, 0) is 48.9 Å². The van der Waals surface area contributed by atoms with E-state index in [0.29, 0.717) is 17.4 Å². The Kier molecular flexibility index (Phi) is 6.19. The summed E-state index contributed by atoms with van der Waals surface area (Å²) in [6.45, 7) is 2.33. The number of amides is 1. The lowest BCUT2D eigenvalue weighted by molar-refractivity contribution is -0.120. The van der Waals surface area contributed by atoms with Crippen molar-refractivity contribution < 1.29 is 17.9 Å². The maximum absolute atomic E-state index is 12.1. The first-order chi connectivity index (χ1) is 11.4. The second kappa shape index (κ2) is 8.14. The smallest absolute Gasteiger partial charge is 0.257 e. The number of hydrogen-bond acceptors (Lipinski definition) is 4. The Labute approximate surface area is 145 Å². The number of rotatable bonds is 7. The number of benzene rings is 2. The Morgan fingerprint density at radius 3 is 2.29 bits per heavy atom. The lowest BCUT2D eigenvalue weighted by Crippen LogP contribution is -2.42. The fourth-order valence-corrected chi connectivity index (χ4v) is 2.88. The van der Waals surface area contributed by atoms with Crippen molar-refractivity contribution in [1.82, 2.24) is 10.3 Å². The van der Waals surface area contributed by atoms with Crippen molar-refractivity contribution >= 4 is 27.5 Å². The highest BCUT2D eigenvalue weighted by Crippen LogP contribution is 2.15. The lowest BCUT2D eigenvalue weighted by atomic mass is 10.1. The van der Waals surface area contributed by atoms with E-state index in [0.717, 1.165) is 5.56 Å². The first-order valence-corrected chi connectivity index (χ1v) is 9.05. The fourth-order valence-electron chi connectivity index (χ4n) is 1.90. The molecule has 2 N–H and O–H groups in total.